The van der Waals surface area contributed by atoms with Crippen molar-refractivity contribution < 1.29 is 4.79 Å². The van der Waals surface area contributed by atoms with Gasteiger partial charge in [0.15, 0.2) is 0 Å². The van der Waals surface area contributed by atoms with Gasteiger partial charge < -0.3 is 10.6 Å². The van der Waals surface area contributed by atoms with E-state index in [1.165, 1.54) is 16.9 Å². The zero-order valence-corrected chi connectivity index (χ0v) is 9.93. The van der Waals surface area contributed by atoms with E-state index < -0.39 is 0 Å². The second kappa shape index (κ2) is 3.79. The molecule has 2 unspecified atom stereocenters. The van der Waals surface area contributed by atoms with Gasteiger partial charge in [0, 0.05) is 17.0 Å². The number of hydrogen-bond acceptors (Lipinski definition) is 3. The fraction of sp³-hybridized carbons (Fsp3) is 0.417. The van der Waals surface area contributed by atoms with E-state index in [0.717, 1.165) is 5.69 Å². The van der Waals surface area contributed by atoms with E-state index in [1.807, 2.05) is 0 Å². The highest BCUT2D eigenvalue weighted by molar-refractivity contribution is 8.00. The zero-order chi connectivity index (χ0) is 11.1. The van der Waals surface area contributed by atoms with Crippen molar-refractivity contribution in [3.8, 4) is 0 Å². The molecule has 1 amide bonds. The maximum atomic E-state index is 11.3. The average molecular weight is 234 g/mol. The summed E-state index contributed by atoms with van der Waals surface area (Å²) in [4.78, 5) is 12.5. The van der Waals surface area contributed by atoms with Crippen molar-refractivity contribution in [2.45, 2.75) is 30.3 Å². The molecule has 2 aliphatic heterocycles. The number of amides is 1. The van der Waals surface area contributed by atoms with Gasteiger partial charge in [-0.3, -0.25) is 4.79 Å². The van der Waals surface area contributed by atoms with Crippen LogP contribution in [0.5, 0.6) is 0 Å². The maximum absolute atomic E-state index is 11.3. The molecule has 1 fully saturated rings. The molecule has 2 N–H and O–H groups in total. The number of benzene rings is 1. The topological polar surface area (TPSA) is 41.1 Å². The van der Waals surface area contributed by atoms with Crippen LogP contribution >= 0.6 is 11.8 Å². The van der Waals surface area contributed by atoms with Gasteiger partial charge in [0.25, 0.3) is 0 Å². The lowest BCUT2D eigenvalue weighted by Gasteiger charge is -2.35. The Bertz CT molecular complexity index is 441. The molecule has 1 aromatic rings. The third kappa shape index (κ3) is 1.72. The number of fused-ring (bicyclic) bond motifs is 1. The van der Waals surface area contributed by atoms with Crippen LogP contribution in [0.4, 0.5) is 5.69 Å². The summed E-state index contributed by atoms with van der Waals surface area (Å²) in [6.07, 6.45) is 1.18. The van der Waals surface area contributed by atoms with Crippen LogP contribution < -0.4 is 10.6 Å². The standard InChI is InChI=1S/C12H14N2OS/c1-7-4-9(13-7)8-2-3-11-10(5-8)14-12(15)6-16-11/h2-3,5,7,9,13H,4,6H2,1H3,(H,14,15). The third-order valence-electron chi connectivity index (χ3n) is 3.11. The van der Waals surface area contributed by atoms with Crippen LogP contribution in [0, 0.1) is 0 Å². The fourth-order valence-electron chi connectivity index (χ4n) is 2.22. The van der Waals surface area contributed by atoms with Crippen LogP contribution in [0.1, 0.15) is 24.9 Å². The molecule has 0 spiro atoms. The number of nitrogens with one attached hydrogen (secondary N) is 2. The SMILES string of the molecule is CC1CC(c2ccc3c(c2)NC(=O)CS3)N1. The monoisotopic (exact) mass is 234 g/mol. The van der Waals surface area contributed by atoms with E-state index in [4.69, 9.17) is 0 Å². The Hall–Kier alpha value is -1.000. The molecule has 2 atom stereocenters. The van der Waals surface area contributed by atoms with Gasteiger partial charge in [-0.25, -0.2) is 0 Å². The van der Waals surface area contributed by atoms with Gasteiger partial charge in [-0.1, -0.05) is 6.07 Å². The van der Waals surface area contributed by atoms with Crippen LogP contribution in [0.3, 0.4) is 0 Å². The number of hydrogen-bond donors (Lipinski definition) is 2. The van der Waals surface area contributed by atoms with Crippen molar-refractivity contribution in [2.24, 2.45) is 0 Å². The molecular formula is C12H14N2OS. The van der Waals surface area contributed by atoms with Gasteiger partial charge >= 0.3 is 0 Å². The van der Waals surface area contributed by atoms with Crippen LogP contribution in [0.15, 0.2) is 23.1 Å². The van der Waals surface area contributed by atoms with E-state index in [9.17, 15) is 4.79 Å². The second-order valence-corrected chi connectivity index (χ2v) is 5.47. The van der Waals surface area contributed by atoms with E-state index >= 15 is 0 Å². The first-order valence-electron chi connectivity index (χ1n) is 5.55. The minimum atomic E-state index is 0.101. The van der Waals surface area contributed by atoms with Crippen molar-refractivity contribution in [1.29, 1.82) is 0 Å². The van der Waals surface area contributed by atoms with Gasteiger partial charge in [0.05, 0.1) is 11.4 Å². The minimum Gasteiger partial charge on any atom is -0.324 e. The summed E-state index contributed by atoms with van der Waals surface area (Å²) < 4.78 is 0. The van der Waals surface area contributed by atoms with Crippen LogP contribution in [-0.4, -0.2) is 17.7 Å². The average Bonchev–Trinajstić information content (AvgIpc) is 2.24. The molecule has 0 saturated carbocycles. The van der Waals surface area contributed by atoms with Crippen LogP contribution in [0.2, 0.25) is 0 Å². The van der Waals surface area contributed by atoms with Gasteiger partial charge in [0.2, 0.25) is 5.91 Å². The van der Waals surface area contributed by atoms with Crippen LogP contribution in [-0.2, 0) is 4.79 Å². The minimum absolute atomic E-state index is 0.101. The van der Waals surface area contributed by atoms with Crippen molar-refractivity contribution >= 4 is 23.4 Å². The fourth-order valence-corrected chi connectivity index (χ4v) is 3.01. The second-order valence-electron chi connectivity index (χ2n) is 4.45. The molecule has 1 aromatic carbocycles. The Labute approximate surface area is 99.0 Å². The number of thioether (sulfide) groups is 1. The summed E-state index contributed by atoms with van der Waals surface area (Å²) in [5.74, 6) is 0.634. The lowest BCUT2D eigenvalue weighted by molar-refractivity contribution is -0.113. The van der Waals surface area contributed by atoms with E-state index in [1.54, 1.807) is 11.8 Å². The summed E-state index contributed by atoms with van der Waals surface area (Å²) in [5.41, 5.74) is 2.25. The molecule has 3 nitrogen and oxygen atoms in total. The maximum Gasteiger partial charge on any atom is 0.234 e. The molecule has 0 aromatic heterocycles. The third-order valence-corrected chi connectivity index (χ3v) is 4.19. The highest BCUT2D eigenvalue weighted by Gasteiger charge is 2.26. The molecule has 3 rings (SSSR count). The van der Waals surface area contributed by atoms with Crippen molar-refractivity contribution in [2.75, 3.05) is 11.1 Å². The molecule has 84 valence electrons. The van der Waals surface area contributed by atoms with E-state index in [2.05, 4.69) is 35.8 Å². The Morgan fingerprint density at radius 2 is 2.25 bits per heavy atom. The lowest BCUT2D eigenvalue weighted by Crippen LogP contribution is -2.43. The van der Waals surface area contributed by atoms with Crippen molar-refractivity contribution in [3.63, 3.8) is 0 Å². The smallest absolute Gasteiger partial charge is 0.234 e. The Morgan fingerprint density at radius 1 is 1.44 bits per heavy atom. The van der Waals surface area contributed by atoms with Crippen molar-refractivity contribution in [1.82, 2.24) is 5.32 Å². The molecule has 2 aliphatic rings. The Balaban J connectivity index is 1.86. The summed E-state index contributed by atoms with van der Waals surface area (Å²) >= 11 is 1.61. The van der Waals surface area contributed by atoms with Gasteiger partial charge in [-0.2, -0.15) is 0 Å². The first-order valence-corrected chi connectivity index (χ1v) is 6.53. The predicted octanol–water partition coefficient (Wildman–Crippen LogP) is 2.15. The van der Waals surface area contributed by atoms with Gasteiger partial charge in [-0.15, -0.1) is 11.8 Å². The molecule has 16 heavy (non-hydrogen) atoms. The molecule has 0 radical (unpaired) electrons. The quantitative estimate of drug-likeness (QED) is 0.782. The highest BCUT2D eigenvalue weighted by Crippen LogP contribution is 2.36. The number of rotatable bonds is 1. The normalized spacial score (nSPS) is 27.9. The predicted molar refractivity (Wildman–Crippen MR) is 65.8 cm³/mol. The Kier molecular flexibility index (Phi) is 2.41. The molecule has 1 saturated heterocycles. The van der Waals surface area contributed by atoms with E-state index in [0.29, 0.717) is 17.8 Å². The molecule has 0 aliphatic carbocycles. The summed E-state index contributed by atoms with van der Waals surface area (Å²) in [6, 6.07) is 7.45. The molecule has 0 bridgehead atoms. The van der Waals surface area contributed by atoms with Crippen molar-refractivity contribution in [3.05, 3.63) is 23.8 Å². The van der Waals surface area contributed by atoms with Crippen LogP contribution in [0.25, 0.3) is 0 Å². The molecule has 2 heterocycles. The number of carbonyl (C=O) groups is 1. The summed E-state index contributed by atoms with van der Waals surface area (Å²) in [7, 11) is 0. The summed E-state index contributed by atoms with van der Waals surface area (Å²) in [6.45, 7) is 2.19. The largest absolute Gasteiger partial charge is 0.324 e. The zero-order valence-electron chi connectivity index (χ0n) is 9.12. The lowest BCUT2D eigenvalue weighted by atomic mass is 9.91. The van der Waals surface area contributed by atoms with E-state index in [-0.39, 0.29) is 5.91 Å². The summed E-state index contributed by atoms with van der Waals surface area (Å²) in [5, 5.41) is 6.38. The molecule has 4 heteroatoms. The van der Waals surface area contributed by atoms with Gasteiger partial charge in [-0.05, 0) is 31.0 Å². The Morgan fingerprint density at radius 3 is 3.00 bits per heavy atom. The number of carbonyl (C=O) groups excluding carboxylic acids is 1. The molecular weight excluding hydrogens is 220 g/mol. The first-order chi connectivity index (χ1) is 7.72. The van der Waals surface area contributed by atoms with Gasteiger partial charge in [0.1, 0.15) is 0 Å². The number of anilines is 1. The first kappa shape index (κ1) is 10.2. The highest BCUT2D eigenvalue weighted by atomic mass is 32.2.